The number of hydrogen-bond donors (Lipinski definition) is 0. The van der Waals surface area contributed by atoms with Crippen LogP contribution in [0.4, 0.5) is 0 Å². The van der Waals surface area contributed by atoms with Crippen molar-refractivity contribution in [3.05, 3.63) is 40.4 Å². The molecule has 0 atom stereocenters. The van der Waals surface area contributed by atoms with E-state index in [1.54, 1.807) is 11.8 Å². The molecular formula is C11H12IN2S+. The summed E-state index contributed by atoms with van der Waals surface area (Å²) in [6, 6.07) is 10.4. The fourth-order valence-corrected chi connectivity index (χ4v) is 3.14. The predicted molar refractivity (Wildman–Crippen MR) is 69.9 cm³/mol. The standard InChI is InChI=1S/C11H12IN2S/c1-13-8-14(2)11(10(13)12)15-9-6-4-3-5-7-9/h3-8H,1-2H3/q+1. The van der Waals surface area contributed by atoms with Gasteiger partial charge in [0.2, 0.25) is 15.1 Å². The third-order valence-electron chi connectivity index (χ3n) is 2.11. The molecule has 0 aliphatic carbocycles. The van der Waals surface area contributed by atoms with Crippen LogP contribution in [0.2, 0.25) is 0 Å². The predicted octanol–water partition coefficient (Wildman–Crippen LogP) is 2.61. The fourth-order valence-electron chi connectivity index (χ4n) is 1.37. The lowest BCUT2D eigenvalue weighted by Gasteiger charge is -1.97. The van der Waals surface area contributed by atoms with Gasteiger partial charge in [-0.05, 0) is 23.9 Å². The molecule has 0 unspecified atom stereocenters. The van der Waals surface area contributed by atoms with E-state index in [2.05, 4.69) is 76.4 Å². The normalized spacial score (nSPS) is 10.6. The molecule has 0 N–H and O–H groups in total. The number of hydrogen-bond acceptors (Lipinski definition) is 1. The van der Waals surface area contributed by atoms with Gasteiger partial charge in [-0.1, -0.05) is 18.2 Å². The molecule has 0 radical (unpaired) electrons. The molecule has 2 aromatic rings. The Morgan fingerprint density at radius 2 is 1.93 bits per heavy atom. The molecule has 0 spiro atoms. The molecule has 15 heavy (non-hydrogen) atoms. The molecule has 0 aliphatic rings. The summed E-state index contributed by atoms with van der Waals surface area (Å²) in [6.45, 7) is 0. The molecule has 2 rings (SSSR count). The Bertz CT molecular complexity index is 465. The summed E-state index contributed by atoms with van der Waals surface area (Å²) in [5.74, 6) is 0. The van der Waals surface area contributed by atoms with E-state index in [1.807, 2.05) is 6.07 Å². The third kappa shape index (κ3) is 2.36. The SMILES string of the molecule is Cn1c[n+](C)c(Sc2ccccc2)c1I. The Labute approximate surface area is 107 Å². The van der Waals surface area contributed by atoms with Crippen molar-refractivity contribution in [3.63, 3.8) is 0 Å². The van der Waals surface area contributed by atoms with Crippen LogP contribution in [-0.4, -0.2) is 4.57 Å². The van der Waals surface area contributed by atoms with Crippen LogP contribution in [0.1, 0.15) is 0 Å². The smallest absolute Gasteiger partial charge is 0.227 e. The largest absolute Gasteiger partial charge is 0.245 e. The van der Waals surface area contributed by atoms with Crippen molar-refractivity contribution < 1.29 is 4.57 Å². The summed E-state index contributed by atoms with van der Waals surface area (Å²) in [6.07, 6.45) is 2.09. The van der Waals surface area contributed by atoms with Gasteiger partial charge in [0, 0.05) is 27.5 Å². The molecule has 0 aliphatic heterocycles. The maximum Gasteiger partial charge on any atom is 0.245 e. The first-order valence-electron chi connectivity index (χ1n) is 4.62. The lowest BCUT2D eigenvalue weighted by molar-refractivity contribution is -0.707. The molecule has 1 aromatic heterocycles. The maximum atomic E-state index is 2.37. The lowest BCUT2D eigenvalue weighted by atomic mass is 10.4. The zero-order valence-electron chi connectivity index (χ0n) is 8.64. The molecule has 0 fully saturated rings. The van der Waals surface area contributed by atoms with Crippen LogP contribution >= 0.6 is 34.4 Å². The average molecular weight is 331 g/mol. The molecule has 0 saturated carbocycles. The highest BCUT2D eigenvalue weighted by atomic mass is 127. The quantitative estimate of drug-likeness (QED) is 0.607. The van der Waals surface area contributed by atoms with Crippen molar-refractivity contribution in [1.29, 1.82) is 0 Å². The van der Waals surface area contributed by atoms with E-state index in [1.165, 1.54) is 13.6 Å². The molecule has 78 valence electrons. The highest BCUT2D eigenvalue weighted by molar-refractivity contribution is 14.1. The van der Waals surface area contributed by atoms with Crippen LogP contribution in [0.5, 0.6) is 0 Å². The number of halogens is 1. The van der Waals surface area contributed by atoms with Crippen LogP contribution in [0.15, 0.2) is 46.6 Å². The minimum atomic E-state index is 1.27. The first kappa shape index (κ1) is 11.0. The fraction of sp³-hybridized carbons (Fsp3) is 0.182. The van der Waals surface area contributed by atoms with Crippen LogP contribution in [-0.2, 0) is 14.1 Å². The van der Waals surface area contributed by atoms with Gasteiger partial charge in [-0.3, -0.25) is 0 Å². The topological polar surface area (TPSA) is 8.81 Å². The van der Waals surface area contributed by atoms with E-state index in [4.69, 9.17) is 0 Å². The van der Waals surface area contributed by atoms with Crippen LogP contribution in [0.25, 0.3) is 0 Å². The van der Waals surface area contributed by atoms with Gasteiger partial charge in [0.1, 0.15) is 0 Å². The van der Waals surface area contributed by atoms with Gasteiger partial charge in [-0.25, -0.2) is 9.13 Å². The first-order chi connectivity index (χ1) is 7.18. The monoisotopic (exact) mass is 331 g/mol. The first-order valence-corrected chi connectivity index (χ1v) is 6.51. The zero-order chi connectivity index (χ0) is 10.8. The van der Waals surface area contributed by atoms with Gasteiger partial charge in [-0.2, -0.15) is 0 Å². The van der Waals surface area contributed by atoms with Gasteiger partial charge in [0.15, 0.2) is 0 Å². The third-order valence-corrected chi connectivity index (χ3v) is 4.93. The molecule has 1 aromatic carbocycles. The summed E-state index contributed by atoms with van der Waals surface area (Å²) in [4.78, 5) is 1.28. The molecule has 1 heterocycles. The minimum Gasteiger partial charge on any atom is -0.227 e. The second-order valence-corrected chi connectivity index (χ2v) is 5.43. The molecular weight excluding hydrogens is 319 g/mol. The molecule has 0 saturated heterocycles. The molecule has 0 amide bonds. The molecule has 4 heteroatoms. The summed E-state index contributed by atoms with van der Waals surface area (Å²) in [5.41, 5.74) is 0. The van der Waals surface area contributed by atoms with E-state index in [0.717, 1.165) is 0 Å². The van der Waals surface area contributed by atoms with Crippen molar-refractivity contribution in [1.82, 2.24) is 4.57 Å². The maximum absolute atomic E-state index is 2.37. The van der Waals surface area contributed by atoms with Crippen molar-refractivity contribution in [3.8, 4) is 0 Å². The Hall–Kier alpha value is -0.490. The van der Waals surface area contributed by atoms with Gasteiger partial charge in [0.05, 0.1) is 14.1 Å². The lowest BCUT2D eigenvalue weighted by Crippen LogP contribution is -2.27. The summed E-state index contributed by atoms with van der Waals surface area (Å²) in [5, 5.41) is 1.28. The van der Waals surface area contributed by atoms with Gasteiger partial charge in [0.25, 0.3) is 0 Å². The van der Waals surface area contributed by atoms with E-state index >= 15 is 0 Å². The van der Waals surface area contributed by atoms with E-state index in [-0.39, 0.29) is 0 Å². The van der Waals surface area contributed by atoms with E-state index in [0.29, 0.717) is 0 Å². The van der Waals surface area contributed by atoms with E-state index < -0.39 is 0 Å². The summed E-state index contributed by atoms with van der Waals surface area (Å²) < 4.78 is 5.55. The number of nitrogens with zero attached hydrogens (tertiary/aromatic N) is 2. The average Bonchev–Trinajstić information content (AvgIpc) is 2.47. The number of aryl methyl sites for hydroxylation is 2. The minimum absolute atomic E-state index is 1.27. The van der Waals surface area contributed by atoms with Gasteiger partial charge >= 0.3 is 0 Å². The van der Waals surface area contributed by atoms with Gasteiger partial charge in [-0.15, -0.1) is 0 Å². The Morgan fingerprint density at radius 3 is 2.47 bits per heavy atom. The molecule has 2 nitrogen and oxygen atoms in total. The number of imidazole rings is 1. The second-order valence-electron chi connectivity index (χ2n) is 3.35. The van der Waals surface area contributed by atoms with Crippen molar-refractivity contribution in [2.24, 2.45) is 14.1 Å². The van der Waals surface area contributed by atoms with Crippen molar-refractivity contribution >= 4 is 34.4 Å². The second kappa shape index (κ2) is 4.57. The van der Waals surface area contributed by atoms with Crippen molar-refractivity contribution in [2.75, 3.05) is 0 Å². The van der Waals surface area contributed by atoms with Crippen molar-refractivity contribution in [2.45, 2.75) is 9.92 Å². The van der Waals surface area contributed by atoms with E-state index in [9.17, 15) is 0 Å². The number of rotatable bonds is 2. The van der Waals surface area contributed by atoms with Crippen LogP contribution < -0.4 is 4.57 Å². The Balaban J connectivity index is 2.32. The number of benzene rings is 1. The Kier molecular flexibility index (Phi) is 3.35. The van der Waals surface area contributed by atoms with Crippen LogP contribution in [0, 0.1) is 3.70 Å². The zero-order valence-corrected chi connectivity index (χ0v) is 11.6. The number of aromatic nitrogens is 2. The highest BCUT2D eigenvalue weighted by Crippen LogP contribution is 2.28. The summed E-state index contributed by atoms with van der Waals surface area (Å²) in [7, 11) is 4.14. The Morgan fingerprint density at radius 1 is 1.27 bits per heavy atom. The highest BCUT2D eigenvalue weighted by Gasteiger charge is 2.17. The van der Waals surface area contributed by atoms with Crippen LogP contribution in [0.3, 0.4) is 0 Å². The van der Waals surface area contributed by atoms with Gasteiger partial charge < -0.3 is 0 Å². The summed E-state index contributed by atoms with van der Waals surface area (Å²) >= 11 is 4.17. The molecule has 0 bridgehead atoms.